The van der Waals surface area contributed by atoms with Gasteiger partial charge >= 0.3 is 6.18 Å². The number of benzene rings is 2. The van der Waals surface area contributed by atoms with E-state index in [1.807, 2.05) is 37.4 Å². The molecule has 4 rings (SSSR count). The molecular formula is C30H42Cl2F3N3O. The summed E-state index contributed by atoms with van der Waals surface area (Å²) in [6.45, 7) is 6.36. The van der Waals surface area contributed by atoms with Gasteiger partial charge in [-0.1, -0.05) is 48.4 Å². The van der Waals surface area contributed by atoms with E-state index in [9.17, 15) is 18.0 Å². The van der Waals surface area contributed by atoms with Crippen molar-refractivity contribution in [1.82, 2.24) is 14.7 Å². The fourth-order valence-electron chi connectivity index (χ4n) is 5.95. The lowest BCUT2D eigenvalue weighted by atomic mass is 9.96. The van der Waals surface area contributed by atoms with E-state index in [0.717, 1.165) is 31.5 Å². The summed E-state index contributed by atoms with van der Waals surface area (Å²) in [7, 11) is 1.82. The lowest BCUT2D eigenvalue weighted by Gasteiger charge is -2.43. The molecule has 0 spiro atoms. The number of likely N-dealkylation sites (tertiary alicyclic amines) is 2. The topological polar surface area (TPSA) is 26.8 Å². The molecule has 2 saturated heterocycles. The minimum absolute atomic E-state index is 0. The molecule has 2 aliphatic rings. The zero-order valence-electron chi connectivity index (χ0n) is 23.0. The van der Waals surface area contributed by atoms with Gasteiger partial charge in [0, 0.05) is 32.7 Å². The number of amides is 1. The minimum atomic E-state index is -4.35. The standard InChI is InChI=1S/C30H40F3N3O.2ClH/c1-23-20-24(22-26(21-23)30(31,32)33)10-9-15-34(2)29(37)28(25-11-5-3-6-12-25)36-18-13-27(14-19-36)35-16-7-4-8-17-35;;/h3,5-6,11-12,20-22,27-28H,4,7-10,13-19H2,1-2H3;2*1H. The number of hydrogen-bond donors (Lipinski definition) is 0. The van der Waals surface area contributed by atoms with Gasteiger partial charge in [-0.25, -0.2) is 0 Å². The molecular weight excluding hydrogens is 546 g/mol. The summed E-state index contributed by atoms with van der Waals surface area (Å²) in [6, 6.07) is 14.5. The summed E-state index contributed by atoms with van der Waals surface area (Å²) in [5, 5.41) is 0. The molecule has 0 aliphatic carbocycles. The Kier molecular flexibility index (Phi) is 13.1. The van der Waals surface area contributed by atoms with Crippen molar-refractivity contribution in [3.8, 4) is 0 Å². The zero-order chi connectivity index (χ0) is 26.4. The molecule has 4 nitrogen and oxygen atoms in total. The molecule has 9 heteroatoms. The molecule has 39 heavy (non-hydrogen) atoms. The molecule has 0 radical (unpaired) electrons. The van der Waals surface area contributed by atoms with Crippen LogP contribution in [0.3, 0.4) is 0 Å². The Morgan fingerprint density at radius 2 is 1.62 bits per heavy atom. The summed E-state index contributed by atoms with van der Waals surface area (Å²) in [4.78, 5) is 20.5. The van der Waals surface area contributed by atoms with Gasteiger partial charge in [0.1, 0.15) is 6.04 Å². The second-order valence-corrected chi connectivity index (χ2v) is 10.7. The van der Waals surface area contributed by atoms with E-state index < -0.39 is 11.7 Å². The van der Waals surface area contributed by atoms with Gasteiger partial charge in [0.25, 0.3) is 0 Å². The Hall–Kier alpha value is -1.80. The van der Waals surface area contributed by atoms with E-state index in [1.54, 1.807) is 17.9 Å². The predicted octanol–water partition coefficient (Wildman–Crippen LogP) is 6.94. The van der Waals surface area contributed by atoms with E-state index in [0.29, 0.717) is 36.6 Å². The van der Waals surface area contributed by atoms with Crippen LogP contribution >= 0.6 is 24.8 Å². The van der Waals surface area contributed by atoms with E-state index in [-0.39, 0.29) is 36.8 Å². The van der Waals surface area contributed by atoms with Crippen molar-refractivity contribution in [1.29, 1.82) is 0 Å². The van der Waals surface area contributed by atoms with E-state index in [4.69, 9.17) is 0 Å². The van der Waals surface area contributed by atoms with Gasteiger partial charge in [0.05, 0.1) is 5.56 Å². The van der Waals surface area contributed by atoms with E-state index >= 15 is 0 Å². The fourth-order valence-corrected chi connectivity index (χ4v) is 5.95. The van der Waals surface area contributed by atoms with Crippen LogP contribution in [0.5, 0.6) is 0 Å². The van der Waals surface area contributed by atoms with Crippen molar-refractivity contribution < 1.29 is 18.0 Å². The molecule has 1 unspecified atom stereocenters. The maximum Gasteiger partial charge on any atom is 0.416 e. The Labute approximate surface area is 243 Å². The highest BCUT2D eigenvalue weighted by molar-refractivity contribution is 5.85. The van der Waals surface area contributed by atoms with Gasteiger partial charge < -0.3 is 9.80 Å². The highest BCUT2D eigenvalue weighted by Gasteiger charge is 2.34. The first-order valence-corrected chi connectivity index (χ1v) is 13.7. The molecule has 1 amide bonds. The molecule has 218 valence electrons. The van der Waals surface area contributed by atoms with Gasteiger partial charge in [-0.05, 0) is 81.8 Å². The third-order valence-corrected chi connectivity index (χ3v) is 7.92. The van der Waals surface area contributed by atoms with Crippen LogP contribution in [0, 0.1) is 6.92 Å². The van der Waals surface area contributed by atoms with Crippen LogP contribution in [0.4, 0.5) is 13.2 Å². The SMILES string of the molecule is Cc1cc(CCCN(C)C(=O)C(c2ccccc2)N2CCC(N3CCCCC3)CC2)cc(C(F)(F)F)c1.Cl.Cl. The molecule has 2 aromatic carbocycles. The highest BCUT2D eigenvalue weighted by Crippen LogP contribution is 2.31. The van der Waals surface area contributed by atoms with Crippen LogP contribution in [0.1, 0.15) is 66.8 Å². The quantitative estimate of drug-likeness (QED) is 0.334. The Morgan fingerprint density at radius 1 is 0.974 bits per heavy atom. The van der Waals surface area contributed by atoms with Crippen LogP contribution in [-0.4, -0.2) is 66.4 Å². The summed E-state index contributed by atoms with van der Waals surface area (Å²) in [5.74, 6) is 0.0582. The maximum atomic E-state index is 13.7. The third kappa shape index (κ3) is 9.10. The van der Waals surface area contributed by atoms with Crippen LogP contribution in [-0.2, 0) is 17.4 Å². The second-order valence-electron chi connectivity index (χ2n) is 10.7. The molecule has 0 N–H and O–H groups in total. The molecule has 2 heterocycles. The van der Waals surface area contributed by atoms with Gasteiger partial charge in [-0.3, -0.25) is 9.69 Å². The largest absolute Gasteiger partial charge is 0.416 e. The van der Waals surface area contributed by atoms with Gasteiger partial charge in [0.2, 0.25) is 5.91 Å². The minimum Gasteiger partial charge on any atom is -0.344 e. The summed E-state index contributed by atoms with van der Waals surface area (Å²) in [6.07, 6.45) is 2.83. The summed E-state index contributed by atoms with van der Waals surface area (Å²) in [5.41, 5.74) is 1.66. The smallest absolute Gasteiger partial charge is 0.344 e. The first-order chi connectivity index (χ1) is 17.7. The first kappa shape index (κ1) is 33.4. The first-order valence-electron chi connectivity index (χ1n) is 13.7. The van der Waals surface area contributed by atoms with Gasteiger partial charge in [0.15, 0.2) is 0 Å². The molecule has 0 bridgehead atoms. The molecule has 0 saturated carbocycles. The number of aryl methyl sites for hydroxylation is 2. The fraction of sp³-hybridized carbons (Fsp3) is 0.567. The maximum absolute atomic E-state index is 13.7. The number of likely N-dealkylation sites (N-methyl/N-ethyl adjacent to an activating group) is 1. The summed E-state index contributed by atoms with van der Waals surface area (Å²) < 4.78 is 39.6. The molecule has 2 fully saturated rings. The molecule has 0 aromatic heterocycles. The number of nitrogens with zero attached hydrogens (tertiary/aromatic N) is 3. The van der Waals surface area contributed by atoms with Crippen LogP contribution in [0.15, 0.2) is 48.5 Å². The average Bonchev–Trinajstić information content (AvgIpc) is 2.89. The zero-order valence-corrected chi connectivity index (χ0v) is 24.6. The van der Waals surface area contributed by atoms with Gasteiger partial charge in [-0.2, -0.15) is 13.2 Å². The third-order valence-electron chi connectivity index (χ3n) is 7.92. The Bertz CT molecular complexity index is 1020. The molecule has 2 aromatic rings. The molecule has 1 atom stereocenters. The van der Waals surface area contributed by atoms with Crippen molar-refractivity contribution in [2.75, 3.05) is 39.8 Å². The lowest BCUT2D eigenvalue weighted by molar-refractivity contribution is -0.138. The van der Waals surface area contributed by atoms with Crippen molar-refractivity contribution in [2.45, 2.75) is 70.1 Å². The van der Waals surface area contributed by atoms with Crippen molar-refractivity contribution in [3.63, 3.8) is 0 Å². The highest BCUT2D eigenvalue weighted by atomic mass is 35.5. The van der Waals surface area contributed by atoms with Crippen molar-refractivity contribution in [3.05, 3.63) is 70.8 Å². The van der Waals surface area contributed by atoms with Gasteiger partial charge in [-0.15, -0.1) is 24.8 Å². The average molecular weight is 589 g/mol. The molecule has 2 aliphatic heterocycles. The van der Waals surface area contributed by atoms with Crippen molar-refractivity contribution in [2.24, 2.45) is 0 Å². The Morgan fingerprint density at radius 3 is 2.23 bits per heavy atom. The lowest BCUT2D eigenvalue weighted by Crippen LogP contribution is -2.50. The van der Waals surface area contributed by atoms with E-state index in [2.05, 4.69) is 9.80 Å². The number of carbonyl (C=O) groups is 1. The number of alkyl halides is 3. The number of hydrogen-bond acceptors (Lipinski definition) is 3. The Balaban J connectivity index is 0.00000267. The van der Waals surface area contributed by atoms with Crippen LogP contribution in [0.2, 0.25) is 0 Å². The monoisotopic (exact) mass is 587 g/mol. The van der Waals surface area contributed by atoms with Crippen LogP contribution < -0.4 is 0 Å². The van der Waals surface area contributed by atoms with Crippen LogP contribution in [0.25, 0.3) is 0 Å². The summed E-state index contributed by atoms with van der Waals surface area (Å²) >= 11 is 0. The normalized spacial score (nSPS) is 18.1. The number of piperidine rings is 2. The number of carbonyl (C=O) groups excluding carboxylic acids is 1. The number of halogens is 5. The predicted molar refractivity (Wildman–Crippen MR) is 156 cm³/mol. The number of rotatable bonds is 8. The van der Waals surface area contributed by atoms with Crippen molar-refractivity contribution >= 4 is 30.7 Å². The van der Waals surface area contributed by atoms with E-state index in [1.165, 1.54) is 44.5 Å². The second kappa shape index (κ2) is 15.3.